The van der Waals surface area contributed by atoms with Crippen LogP contribution in [0.25, 0.3) is 0 Å². The zero-order valence-electron chi connectivity index (χ0n) is 15.2. The van der Waals surface area contributed by atoms with Crippen LogP contribution in [0.15, 0.2) is 34.1 Å². The van der Waals surface area contributed by atoms with Gasteiger partial charge in [-0.2, -0.15) is 8.61 Å². The maximum atomic E-state index is 12.6. The van der Waals surface area contributed by atoms with E-state index in [0.717, 1.165) is 17.1 Å². The lowest BCUT2D eigenvalue weighted by molar-refractivity contribution is -0.121. The Balaban J connectivity index is 2.17. The van der Waals surface area contributed by atoms with Crippen LogP contribution in [0.3, 0.4) is 0 Å². The van der Waals surface area contributed by atoms with Crippen molar-refractivity contribution in [3.63, 3.8) is 0 Å². The molecule has 1 amide bonds. The minimum Gasteiger partial charge on any atom is -0.353 e. The van der Waals surface area contributed by atoms with Crippen LogP contribution < -0.4 is 5.32 Å². The molecular formula is C16H25N3O5S2. The molecule has 0 aromatic heterocycles. The molecule has 0 saturated carbocycles. The minimum atomic E-state index is -3.89. The van der Waals surface area contributed by atoms with E-state index in [-0.39, 0.29) is 22.4 Å². The summed E-state index contributed by atoms with van der Waals surface area (Å²) in [4.78, 5) is 11.8. The number of hydrogen-bond acceptors (Lipinski definition) is 5. The molecule has 0 unspecified atom stereocenters. The third-order valence-corrected chi connectivity index (χ3v) is 7.78. The predicted molar refractivity (Wildman–Crippen MR) is 97.5 cm³/mol. The summed E-state index contributed by atoms with van der Waals surface area (Å²) in [6.45, 7) is 4.22. The van der Waals surface area contributed by atoms with Crippen molar-refractivity contribution in [3.8, 4) is 0 Å². The Labute approximate surface area is 155 Å². The summed E-state index contributed by atoms with van der Waals surface area (Å²) >= 11 is 0. The lowest BCUT2D eigenvalue weighted by Crippen LogP contribution is -2.40. The first-order chi connectivity index (χ1) is 12.0. The summed E-state index contributed by atoms with van der Waals surface area (Å²) in [5.41, 5.74) is 0. The monoisotopic (exact) mass is 403 g/mol. The van der Waals surface area contributed by atoms with Gasteiger partial charge in [0, 0.05) is 26.2 Å². The molecule has 10 heteroatoms. The highest BCUT2D eigenvalue weighted by atomic mass is 32.2. The van der Waals surface area contributed by atoms with E-state index in [1.54, 1.807) is 13.8 Å². The first-order valence-electron chi connectivity index (χ1n) is 8.41. The molecule has 1 aliphatic rings. The highest BCUT2D eigenvalue weighted by molar-refractivity contribution is 7.89. The second-order valence-electron chi connectivity index (χ2n) is 6.57. The van der Waals surface area contributed by atoms with E-state index in [4.69, 9.17) is 0 Å². The molecule has 0 radical (unpaired) electrons. The van der Waals surface area contributed by atoms with E-state index in [9.17, 15) is 21.6 Å². The summed E-state index contributed by atoms with van der Waals surface area (Å²) in [6, 6.07) is 5.02. The van der Waals surface area contributed by atoms with Crippen molar-refractivity contribution in [1.82, 2.24) is 13.9 Å². The Bertz CT molecular complexity index is 842. The Kier molecular flexibility index (Phi) is 6.43. The molecule has 0 atom stereocenters. The van der Waals surface area contributed by atoms with Gasteiger partial charge in [-0.25, -0.2) is 16.8 Å². The lowest BCUT2D eigenvalue weighted by atomic mass is 10.4. The topological polar surface area (TPSA) is 104 Å². The van der Waals surface area contributed by atoms with Gasteiger partial charge >= 0.3 is 0 Å². The Hall–Kier alpha value is -1.49. The predicted octanol–water partition coefficient (Wildman–Crippen LogP) is 0.616. The molecule has 0 bridgehead atoms. The highest BCUT2D eigenvalue weighted by Gasteiger charge is 2.28. The van der Waals surface area contributed by atoms with Crippen LogP contribution in [0.2, 0.25) is 0 Å². The zero-order chi connectivity index (χ0) is 19.5. The van der Waals surface area contributed by atoms with Crippen molar-refractivity contribution in [2.75, 3.05) is 26.7 Å². The quantitative estimate of drug-likeness (QED) is 0.719. The van der Waals surface area contributed by atoms with Gasteiger partial charge in [-0.1, -0.05) is 0 Å². The van der Waals surface area contributed by atoms with E-state index >= 15 is 0 Å². The van der Waals surface area contributed by atoms with Gasteiger partial charge in [-0.15, -0.1) is 0 Å². The van der Waals surface area contributed by atoms with Crippen LogP contribution in [0.1, 0.15) is 26.7 Å². The van der Waals surface area contributed by atoms with E-state index in [1.807, 2.05) is 0 Å². The summed E-state index contributed by atoms with van der Waals surface area (Å²) in [5.74, 6) is -0.403. The van der Waals surface area contributed by atoms with Gasteiger partial charge in [0.25, 0.3) is 0 Å². The molecular weight excluding hydrogens is 378 g/mol. The molecule has 8 nitrogen and oxygen atoms in total. The summed E-state index contributed by atoms with van der Waals surface area (Å²) < 4.78 is 52.4. The van der Waals surface area contributed by atoms with Crippen LogP contribution in [-0.4, -0.2) is 64.1 Å². The maximum Gasteiger partial charge on any atom is 0.243 e. The number of carbonyl (C=O) groups is 1. The van der Waals surface area contributed by atoms with Crippen LogP contribution in [-0.2, 0) is 24.8 Å². The summed E-state index contributed by atoms with van der Waals surface area (Å²) in [6.07, 6.45) is 1.66. The molecule has 1 aliphatic heterocycles. The van der Waals surface area contributed by atoms with Crippen molar-refractivity contribution >= 4 is 26.0 Å². The molecule has 0 aliphatic carbocycles. The van der Waals surface area contributed by atoms with Crippen molar-refractivity contribution in [2.24, 2.45) is 0 Å². The average molecular weight is 404 g/mol. The largest absolute Gasteiger partial charge is 0.353 e. The van der Waals surface area contributed by atoms with Crippen LogP contribution in [0, 0.1) is 0 Å². The van der Waals surface area contributed by atoms with Crippen molar-refractivity contribution in [1.29, 1.82) is 0 Å². The normalized spacial score (nSPS) is 16.3. The van der Waals surface area contributed by atoms with Crippen LogP contribution in [0.4, 0.5) is 0 Å². The van der Waals surface area contributed by atoms with Crippen molar-refractivity contribution in [2.45, 2.75) is 42.5 Å². The number of likely N-dealkylation sites (N-methyl/N-ethyl adjacent to an activating group) is 1. The molecule has 1 aromatic rings. The number of benzene rings is 1. The van der Waals surface area contributed by atoms with Gasteiger partial charge in [-0.3, -0.25) is 4.79 Å². The van der Waals surface area contributed by atoms with Gasteiger partial charge in [-0.05, 0) is 51.0 Å². The van der Waals surface area contributed by atoms with Gasteiger partial charge in [0.05, 0.1) is 16.3 Å². The highest BCUT2D eigenvalue weighted by Crippen LogP contribution is 2.23. The van der Waals surface area contributed by atoms with E-state index in [2.05, 4.69) is 5.32 Å². The third-order valence-electron chi connectivity index (χ3n) is 4.05. The van der Waals surface area contributed by atoms with Crippen molar-refractivity contribution < 1.29 is 21.6 Å². The summed E-state index contributed by atoms with van der Waals surface area (Å²) in [5, 5.41) is 2.63. The Morgan fingerprint density at radius 3 is 2.08 bits per heavy atom. The van der Waals surface area contributed by atoms with Gasteiger partial charge < -0.3 is 5.32 Å². The molecule has 146 valence electrons. The fourth-order valence-corrected chi connectivity index (χ4v) is 5.34. The molecule has 0 spiro atoms. The second-order valence-corrected chi connectivity index (χ2v) is 10.5. The lowest BCUT2D eigenvalue weighted by Gasteiger charge is -2.19. The van der Waals surface area contributed by atoms with Crippen LogP contribution in [0.5, 0.6) is 0 Å². The molecule has 1 heterocycles. The average Bonchev–Trinajstić information content (AvgIpc) is 3.09. The second kappa shape index (κ2) is 8.03. The van der Waals surface area contributed by atoms with Crippen molar-refractivity contribution in [3.05, 3.63) is 24.3 Å². The molecule has 1 fully saturated rings. The third kappa shape index (κ3) is 4.61. The zero-order valence-corrected chi connectivity index (χ0v) is 16.8. The number of sulfonamides is 2. The number of amides is 1. The first kappa shape index (κ1) is 20.8. The number of nitrogens with one attached hydrogen (secondary N) is 1. The molecule has 1 aromatic carbocycles. The van der Waals surface area contributed by atoms with E-state index in [0.29, 0.717) is 13.1 Å². The molecule has 2 rings (SSSR count). The Morgan fingerprint density at radius 1 is 1.08 bits per heavy atom. The fourth-order valence-electron chi connectivity index (χ4n) is 2.70. The van der Waals surface area contributed by atoms with Gasteiger partial charge in [0.2, 0.25) is 26.0 Å². The molecule has 26 heavy (non-hydrogen) atoms. The van der Waals surface area contributed by atoms with Gasteiger partial charge in [0.15, 0.2) is 0 Å². The summed E-state index contributed by atoms with van der Waals surface area (Å²) in [7, 11) is -6.17. The molecule has 1 saturated heterocycles. The number of rotatable bonds is 7. The van der Waals surface area contributed by atoms with Crippen LogP contribution >= 0.6 is 0 Å². The molecule has 1 N–H and O–H groups in total. The Morgan fingerprint density at radius 2 is 1.58 bits per heavy atom. The number of hydrogen-bond donors (Lipinski definition) is 1. The van der Waals surface area contributed by atoms with Gasteiger partial charge in [0.1, 0.15) is 0 Å². The van der Waals surface area contributed by atoms with E-state index in [1.165, 1.54) is 35.6 Å². The minimum absolute atomic E-state index is 0.0577. The van der Waals surface area contributed by atoms with E-state index < -0.39 is 26.0 Å². The first-order valence-corrected chi connectivity index (χ1v) is 11.3. The number of nitrogens with zero attached hydrogens (tertiary/aromatic N) is 2. The smallest absolute Gasteiger partial charge is 0.243 e. The SMILES string of the molecule is CC(C)NC(=O)CN(C)S(=O)(=O)c1ccc(S(=O)(=O)N2CCCC2)cc1. The number of carbonyl (C=O) groups excluding carboxylic acids is 1. The maximum absolute atomic E-state index is 12.6. The standard InChI is InChI=1S/C16H25N3O5S2/c1-13(2)17-16(20)12-18(3)25(21,22)14-6-8-15(9-7-14)26(23,24)19-10-4-5-11-19/h6-9,13H,4-5,10-12H2,1-3H3,(H,17,20). The fraction of sp³-hybridized carbons (Fsp3) is 0.562.